The smallest absolute Gasteiger partial charge is 0.125 e. The van der Waals surface area contributed by atoms with E-state index in [9.17, 15) is 5.11 Å². The Labute approximate surface area is 95.1 Å². The first-order valence-corrected chi connectivity index (χ1v) is 5.33. The van der Waals surface area contributed by atoms with Crippen LogP contribution in [0.5, 0.6) is 5.75 Å². The zero-order valence-corrected chi connectivity index (χ0v) is 9.78. The topological polar surface area (TPSA) is 48.9 Å². The molecule has 16 heavy (non-hydrogen) atoms. The third-order valence-electron chi connectivity index (χ3n) is 2.57. The summed E-state index contributed by atoms with van der Waals surface area (Å²) in [5.41, 5.74) is 2.64. The largest absolute Gasteiger partial charge is 0.507 e. The SMILES string of the molecule is CC(C)(C)c1cc(-c2ccccc2O)n[nH]1. The quantitative estimate of drug-likeness (QED) is 0.769. The van der Waals surface area contributed by atoms with Crippen LogP contribution in [0.3, 0.4) is 0 Å². The zero-order chi connectivity index (χ0) is 11.8. The van der Waals surface area contributed by atoms with Gasteiger partial charge in [-0.05, 0) is 18.2 Å². The van der Waals surface area contributed by atoms with Crippen LogP contribution in [-0.4, -0.2) is 15.3 Å². The number of aromatic amines is 1. The van der Waals surface area contributed by atoms with Gasteiger partial charge in [-0.25, -0.2) is 0 Å². The highest BCUT2D eigenvalue weighted by Gasteiger charge is 2.17. The molecule has 2 N–H and O–H groups in total. The van der Waals surface area contributed by atoms with Crippen molar-refractivity contribution in [3.63, 3.8) is 0 Å². The van der Waals surface area contributed by atoms with Crippen LogP contribution in [0.1, 0.15) is 26.5 Å². The number of phenols is 1. The Morgan fingerprint density at radius 3 is 2.44 bits per heavy atom. The second-order valence-electron chi connectivity index (χ2n) is 4.93. The van der Waals surface area contributed by atoms with Crippen molar-refractivity contribution in [1.82, 2.24) is 10.2 Å². The maximum absolute atomic E-state index is 9.72. The van der Waals surface area contributed by atoms with Crippen LogP contribution in [0.4, 0.5) is 0 Å². The molecule has 2 rings (SSSR count). The number of H-pyrrole nitrogens is 1. The highest BCUT2D eigenvalue weighted by molar-refractivity contribution is 5.66. The van der Waals surface area contributed by atoms with Crippen molar-refractivity contribution in [2.75, 3.05) is 0 Å². The van der Waals surface area contributed by atoms with Gasteiger partial charge in [-0.2, -0.15) is 5.10 Å². The molecule has 0 saturated heterocycles. The molecule has 0 unspecified atom stereocenters. The van der Waals surface area contributed by atoms with Crippen LogP contribution >= 0.6 is 0 Å². The molecule has 0 bridgehead atoms. The van der Waals surface area contributed by atoms with Crippen molar-refractivity contribution in [3.8, 4) is 17.0 Å². The van der Waals surface area contributed by atoms with Gasteiger partial charge >= 0.3 is 0 Å². The van der Waals surface area contributed by atoms with E-state index in [1.165, 1.54) is 0 Å². The summed E-state index contributed by atoms with van der Waals surface area (Å²) in [6, 6.07) is 9.20. The van der Waals surface area contributed by atoms with Crippen molar-refractivity contribution < 1.29 is 5.11 Å². The molecule has 0 radical (unpaired) electrons. The van der Waals surface area contributed by atoms with Gasteiger partial charge in [0.15, 0.2) is 0 Å². The summed E-state index contributed by atoms with van der Waals surface area (Å²) in [5, 5.41) is 17.0. The number of hydrogen-bond donors (Lipinski definition) is 2. The predicted octanol–water partition coefficient (Wildman–Crippen LogP) is 3.08. The van der Waals surface area contributed by atoms with E-state index in [1.54, 1.807) is 12.1 Å². The molecule has 2 aromatic rings. The standard InChI is InChI=1S/C13H16N2O/c1-13(2,3)12-8-10(14-15-12)9-6-4-5-7-11(9)16/h4-8,16H,1-3H3,(H,14,15). The van der Waals surface area contributed by atoms with Gasteiger partial charge in [0.25, 0.3) is 0 Å². The molecule has 0 saturated carbocycles. The molecule has 0 atom stereocenters. The van der Waals surface area contributed by atoms with E-state index in [1.807, 2.05) is 18.2 Å². The summed E-state index contributed by atoms with van der Waals surface area (Å²) < 4.78 is 0. The number of para-hydroxylation sites is 1. The van der Waals surface area contributed by atoms with Gasteiger partial charge in [-0.3, -0.25) is 5.10 Å². The van der Waals surface area contributed by atoms with Crippen molar-refractivity contribution in [2.24, 2.45) is 0 Å². The van der Waals surface area contributed by atoms with Crippen LogP contribution in [0.2, 0.25) is 0 Å². The summed E-state index contributed by atoms with van der Waals surface area (Å²) in [5.74, 6) is 0.259. The molecule has 0 aliphatic rings. The molecular weight excluding hydrogens is 200 g/mol. The van der Waals surface area contributed by atoms with E-state index in [2.05, 4.69) is 31.0 Å². The number of benzene rings is 1. The van der Waals surface area contributed by atoms with Gasteiger partial charge in [-0.15, -0.1) is 0 Å². The maximum atomic E-state index is 9.72. The predicted molar refractivity (Wildman–Crippen MR) is 64.4 cm³/mol. The molecule has 0 spiro atoms. The van der Waals surface area contributed by atoms with Gasteiger partial charge in [0.2, 0.25) is 0 Å². The molecule has 1 heterocycles. The lowest BCUT2D eigenvalue weighted by molar-refractivity contribution is 0.477. The van der Waals surface area contributed by atoms with Crippen molar-refractivity contribution >= 4 is 0 Å². The summed E-state index contributed by atoms with van der Waals surface area (Å²) >= 11 is 0. The first kappa shape index (κ1) is 10.7. The number of nitrogens with zero attached hydrogens (tertiary/aromatic N) is 1. The minimum Gasteiger partial charge on any atom is -0.507 e. The Morgan fingerprint density at radius 1 is 1.19 bits per heavy atom. The summed E-state index contributed by atoms with van der Waals surface area (Å²) in [6.07, 6.45) is 0. The number of aromatic nitrogens is 2. The van der Waals surface area contributed by atoms with E-state index in [0.29, 0.717) is 0 Å². The lowest BCUT2D eigenvalue weighted by Crippen LogP contribution is -2.11. The Bertz CT molecular complexity index is 495. The summed E-state index contributed by atoms with van der Waals surface area (Å²) in [6.45, 7) is 6.36. The minimum atomic E-state index is 0.0374. The van der Waals surface area contributed by atoms with Gasteiger partial charge in [0, 0.05) is 16.7 Å². The summed E-state index contributed by atoms with van der Waals surface area (Å²) in [4.78, 5) is 0. The van der Waals surface area contributed by atoms with Crippen LogP contribution in [0.25, 0.3) is 11.3 Å². The average molecular weight is 216 g/mol. The van der Waals surface area contributed by atoms with Crippen LogP contribution in [-0.2, 0) is 5.41 Å². The lowest BCUT2D eigenvalue weighted by atomic mass is 9.92. The van der Waals surface area contributed by atoms with Gasteiger partial charge in [0.1, 0.15) is 5.75 Å². The fourth-order valence-corrected chi connectivity index (χ4v) is 1.53. The number of rotatable bonds is 1. The number of aromatic hydroxyl groups is 1. The molecule has 1 aromatic heterocycles. The third-order valence-corrected chi connectivity index (χ3v) is 2.57. The van der Waals surface area contributed by atoms with Crippen molar-refractivity contribution in [2.45, 2.75) is 26.2 Å². The molecule has 3 nitrogen and oxygen atoms in total. The second kappa shape index (κ2) is 3.67. The molecule has 0 amide bonds. The summed E-state index contributed by atoms with van der Waals surface area (Å²) in [7, 11) is 0. The van der Waals surface area contributed by atoms with E-state index in [4.69, 9.17) is 0 Å². The third kappa shape index (κ3) is 1.94. The lowest BCUT2D eigenvalue weighted by Gasteiger charge is -2.14. The molecule has 1 aromatic carbocycles. The Kier molecular flexibility index (Phi) is 2.46. The Morgan fingerprint density at radius 2 is 1.88 bits per heavy atom. The highest BCUT2D eigenvalue weighted by Crippen LogP contribution is 2.30. The fraction of sp³-hybridized carbons (Fsp3) is 0.308. The van der Waals surface area contributed by atoms with Crippen molar-refractivity contribution in [1.29, 1.82) is 0 Å². The minimum absolute atomic E-state index is 0.0374. The monoisotopic (exact) mass is 216 g/mol. The van der Waals surface area contributed by atoms with Gasteiger partial charge < -0.3 is 5.11 Å². The number of nitrogens with one attached hydrogen (secondary N) is 1. The average Bonchev–Trinajstić information content (AvgIpc) is 2.66. The highest BCUT2D eigenvalue weighted by atomic mass is 16.3. The van der Waals surface area contributed by atoms with Crippen LogP contribution in [0, 0.1) is 0 Å². The second-order valence-corrected chi connectivity index (χ2v) is 4.93. The zero-order valence-electron chi connectivity index (χ0n) is 9.78. The normalized spacial score (nSPS) is 11.7. The van der Waals surface area contributed by atoms with E-state index in [-0.39, 0.29) is 11.2 Å². The Balaban J connectivity index is 2.44. The van der Waals surface area contributed by atoms with Gasteiger partial charge in [-0.1, -0.05) is 32.9 Å². The maximum Gasteiger partial charge on any atom is 0.125 e. The van der Waals surface area contributed by atoms with E-state index >= 15 is 0 Å². The molecule has 0 aliphatic carbocycles. The van der Waals surface area contributed by atoms with Crippen molar-refractivity contribution in [3.05, 3.63) is 36.0 Å². The van der Waals surface area contributed by atoms with Gasteiger partial charge in [0.05, 0.1) is 5.69 Å². The fourth-order valence-electron chi connectivity index (χ4n) is 1.53. The molecule has 0 aliphatic heterocycles. The molecule has 3 heteroatoms. The first-order valence-electron chi connectivity index (χ1n) is 5.33. The van der Waals surface area contributed by atoms with E-state index in [0.717, 1.165) is 17.0 Å². The molecule has 84 valence electrons. The molecule has 0 fully saturated rings. The molecular formula is C13H16N2O. The Hall–Kier alpha value is -1.77. The van der Waals surface area contributed by atoms with Crippen LogP contribution in [0.15, 0.2) is 30.3 Å². The number of phenolic OH excluding ortho intramolecular Hbond substituents is 1. The van der Waals surface area contributed by atoms with E-state index < -0.39 is 0 Å². The van der Waals surface area contributed by atoms with Crippen LogP contribution < -0.4 is 0 Å². The first-order chi connectivity index (χ1) is 7.48. The number of hydrogen-bond acceptors (Lipinski definition) is 2.